The molecule has 0 amide bonds. The van der Waals surface area contributed by atoms with Gasteiger partial charge in [0.1, 0.15) is 11.0 Å². The number of rotatable bonds is 3. The van der Waals surface area contributed by atoms with Crippen LogP contribution in [-0.4, -0.2) is 4.98 Å². The van der Waals surface area contributed by atoms with Gasteiger partial charge in [0.05, 0.1) is 12.5 Å². The van der Waals surface area contributed by atoms with Gasteiger partial charge in [0.25, 0.3) is 0 Å². The Hall–Kier alpha value is -1.68. The molecular weight excluding hydrogens is 214 g/mol. The quantitative estimate of drug-likeness (QED) is 0.785. The van der Waals surface area contributed by atoms with Crippen molar-refractivity contribution in [3.63, 3.8) is 0 Å². The molecule has 0 saturated carbocycles. The topological polar surface area (TPSA) is 64.1 Å². The van der Waals surface area contributed by atoms with Crippen molar-refractivity contribution < 1.29 is 4.42 Å². The normalized spacial score (nSPS) is 10.2. The van der Waals surface area contributed by atoms with Crippen molar-refractivity contribution in [2.75, 3.05) is 11.1 Å². The van der Waals surface area contributed by atoms with E-state index in [1.165, 1.54) is 0 Å². The van der Waals surface area contributed by atoms with Crippen LogP contribution in [0.1, 0.15) is 5.56 Å². The Morgan fingerprint density at radius 3 is 3.00 bits per heavy atom. The molecule has 2 aromatic heterocycles. The van der Waals surface area contributed by atoms with Crippen molar-refractivity contribution in [3.8, 4) is 0 Å². The molecule has 2 heterocycles. The lowest BCUT2D eigenvalue weighted by Crippen LogP contribution is -2.01. The van der Waals surface area contributed by atoms with E-state index in [2.05, 4.69) is 10.3 Å². The van der Waals surface area contributed by atoms with Crippen LogP contribution in [0.5, 0.6) is 0 Å². The molecule has 0 aliphatic carbocycles. The number of pyridine rings is 1. The molecule has 0 saturated heterocycles. The fourth-order valence-electron chi connectivity index (χ4n) is 1.19. The number of nitrogens with one attached hydrogen (secondary N) is 1. The van der Waals surface area contributed by atoms with Crippen molar-refractivity contribution in [2.24, 2.45) is 0 Å². The highest BCUT2D eigenvalue weighted by molar-refractivity contribution is 6.29. The Bertz CT molecular complexity index is 422. The Kier molecular flexibility index (Phi) is 2.78. The van der Waals surface area contributed by atoms with Crippen LogP contribution in [0.15, 0.2) is 35.1 Å². The molecule has 0 aromatic carbocycles. The van der Waals surface area contributed by atoms with Crippen LogP contribution >= 0.6 is 11.6 Å². The van der Waals surface area contributed by atoms with Crippen molar-refractivity contribution in [1.82, 2.24) is 4.98 Å². The number of hydrogen-bond acceptors (Lipinski definition) is 4. The van der Waals surface area contributed by atoms with Crippen LogP contribution in [0.2, 0.25) is 5.15 Å². The van der Waals surface area contributed by atoms with Crippen LogP contribution in [0.3, 0.4) is 0 Å². The van der Waals surface area contributed by atoms with Gasteiger partial charge in [0.15, 0.2) is 0 Å². The van der Waals surface area contributed by atoms with E-state index in [9.17, 15) is 0 Å². The van der Waals surface area contributed by atoms with Crippen molar-refractivity contribution in [1.29, 1.82) is 0 Å². The number of anilines is 2. The molecule has 0 radical (unpaired) electrons. The van der Waals surface area contributed by atoms with Gasteiger partial charge in [-0.2, -0.15) is 0 Å². The largest absolute Gasteiger partial charge is 0.472 e. The van der Waals surface area contributed by atoms with Gasteiger partial charge in [-0.3, -0.25) is 0 Å². The molecule has 3 N–H and O–H groups in total. The monoisotopic (exact) mass is 223 g/mol. The van der Waals surface area contributed by atoms with Crippen LogP contribution in [0.25, 0.3) is 0 Å². The van der Waals surface area contributed by atoms with Gasteiger partial charge in [-0.25, -0.2) is 4.98 Å². The molecule has 0 aliphatic rings. The van der Waals surface area contributed by atoms with Gasteiger partial charge < -0.3 is 15.5 Å². The van der Waals surface area contributed by atoms with Gasteiger partial charge in [-0.05, 0) is 12.1 Å². The highest BCUT2D eigenvalue weighted by Gasteiger charge is 1.99. The number of hydrogen-bond donors (Lipinski definition) is 2. The molecule has 5 heteroatoms. The van der Waals surface area contributed by atoms with Gasteiger partial charge >= 0.3 is 0 Å². The average molecular weight is 224 g/mol. The van der Waals surface area contributed by atoms with Crippen molar-refractivity contribution in [2.45, 2.75) is 6.54 Å². The zero-order valence-corrected chi connectivity index (χ0v) is 8.66. The summed E-state index contributed by atoms with van der Waals surface area (Å²) in [5.41, 5.74) is 7.25. The van der Waals surface area contributed by atoms with E-state index in [4.69, 9.17) is 21.8 Å². The van der Waals surface area contributed by atoms with E-state index >= 15 is 0 Å². The number of halogens is 1. The maximum absolute atomic E-state index is 5.76. The minimum absolute atomic E-state index is 0.379. The Labute approximate surface area is 92.1 Å². The summed E-state index contributed by atoms with van der Waals surface area (Å²) in [6, 6.07) is 5.21. The minimum atomic E-state index is 0.379. The minimum Gasteiger partial charge on any atom is -0.472 e. The second kappa shape index (κ2) is 4.23. The zero-order chi connectivity index (χ0) is 10.7. The standard InChI is InChI=1S/C10H10ClN3O/c11-9-3-8(12)4-10(14-9)13-5-7-1-2-15-6-7/h1-4,6H,5H2,(H3,12,13,14). The molecule has 0 atom stereocenters. The maximum Gasteiger partial charge on any atom is 0.133 e. The second-order valence-electron chi connectivity index (χ2n) is 3.09. The fraction of sp³-hybridized carbons (Fsp3) is 0.100. The van der Waals surface area contributed by atoms with E-state index in [1.54, 1.807) is 24.7 Å². The van der Waals surface area contributed by atoms with Gasteiger partial charge in [0, 0.05) is 23.9 Å². The molecule has 0 fully saturated rings. The van der Waals surface area contributed by atoms with Crippen LogP contribution < -0.4 is 11.1 Å². The van der Waals surface area contributed by atoms with E-state index in [1.807, 2.05) is 6.07 Å². The number of nitrogen functional groups attached to an aromatic ring is 1. The SMILES string of the molecule is Nc1cc(Cl)nc(NCc2ccoc2)c1. The van der Waals surface area contributed by atoms with E-state index in [0.29, 0.717) is 23.2 Å². The summed E-state index contributed by atoms with van der Waals surface area (Å²) >= 11 is 5.76. The molecule has 15 heavy (non-hydrogen) atoms. The molecule has 0 aliphatic heterocycles. The van der Waals surface area contributed by atoms with Gasteiger partial charge in [-0.15, -0.1) is 0 Å². The molecular formula is C10H10ClN3O. The lowest BCUT2D eigenvalue weighted by molar-refractivity contribution is 0.564. The van der Waals surface area contributed by atoms with Crippen molar-refractivity contribution >= 4 is 23.1 Å². The first-order valence-corrected chi connectivity index (χ1v) is 4.80. The molecule has 0 unspecified atom stereocenters. The van der Waals surface area contributed by atoms with Crippen molar-refractivity contribution in [3.05, 3.63) is 41.4 Å². The molecule has 2 rings (SSSR count). The molecule has 0 bridgehead atoms. The van der Waals surface area contributed by atoms with Gasteiger partial charge in [-0.1, -0.05) is 11.6 Å². The third kappa shape index (κ3) is 2.63. The second-order valence-corrected chi connectivity index (χ2v) is 3.48. The number of furan rings is 1. The van der Waals surface area contributed by atoms with Crippen LogP contribution in [0, 0.1) is 0 Å². The Morgan fingerprint density at radius 2 is 2.33 bits per heavy atom. The predicted molar refractivity (Wildman–Crippen MR) is 59.7 cm³/mol. The maximum atomic E-state index is 5.76. The van der Waals surface area contributed by atoms with Gasteiger partial charge in [0.2, 0.25) is 0 Å². The summed E-state index contributed by atoms with van der Waals surface area (Å²) in [4.78, 5) is 4.08. The number of nitrogens with two attached hydrogens (primary N) is 1. The molecule has 4 nitrogen and oxygen atoms in total. The first-order valence-electron chi connectivity index (χ1n) is 4.42. The zero-order valence-electron chi connectivity index (χ0n) is 7.90. The molecule has 78 valence electrons. The number of aromatic nitrogens is 1. The summed E-state index contributed by atoms with van der Waals surface area (Å²) in [5.74, 6) is 0.654. The average Bonchev–Trinajstić information content (AvgIpc) is 2.65. The van der Waals surface area contributed by atoms with E-state index in [-0.39, 0.29) is 0 Å². The smallest absolute Gasteiger partial charge is 0.133 e. The summed E-state index contributed by atoms with van der Waals surface area (Å²) in [7, 11) is 0. The molecule has 2 aromatic rings. The summed E-state index contributed by atoms with van der Waals surface area (Å²) in [6.45, 7) is 0.628. The first kappa shape index (κ1) is 9.86. The lowest BCUT2D eigenvalue weighted by atomic mass is 10.3. The highest BCUT2D eigenvalue weighted by atomic mass is 35.5. The first-order chi connectivity index (χ1) is 7.24. The van der Waals surface area contributed by atoms with E-state index < -0.39 is 0 Å². The Morgan fingerprint density at radius 1 is 1.47 bits per heavy atom. The highest BCUT2D eigenvalue weighted by Crippen LogP contribution is 2.16. The summed E-state index contributed by atoms with van der Waals surface area (Å²) in [5, 5.41) is 3.47. The Balaban J connectivity index is 2.05. The fourth-order valence-corrected chi connectivity index (χ4v) is 1.41. The summed E-state index contributed by atoms with van der Waals surface area (Å²) in [6.07, 6.45) is 3.29. The van der Waals surface area contributed by atoms with E-state index in [0.717, 1.165) is 5.56 Å². The van der Waals surface area contributed by atoms with Crippen LogP contribution in [-0.2, 0) is 6.54 Å². The lowest BCUT2D eigenvalue weighted by Gasteiger charge is -2.04. The third-order valence-corrected chi connectivity index (χ3v) is 2.06. The predicted octanol–water partition coefficient (Wildman–Crippen LogP) is 2.52. The third-order valence-electron chi connectivity index (χ3n) is 1.87. The van der Waals surface area contributed by atoms with Crippen LogP contribution in [0.4, 0.5) is 11.5 Å². The molecule has 0 spiro atoms. The number of nitrogens with zero attached hydrogens (tertiary/aromatic N) is 1. The summed E-state index contributed by atoms with van der Waals surface area (Å²) < 4.78 is 4.94.